The van der Waals surface area contributed by atoms with Crippen molar-refractivity contribution < 1.29 is 27.6 Å². The predicted molar refractivity (Wildman–Crippen MR) is 192 cm³/mol. The topological polar surface area (TPSA) is 112 Å². The number of hydrogen-bond donors (Lipinski definition) is 2. The number of amides is 3. The number of rotatable bonds is 10. The van der Waals surface area contributed by atoms with Gasteiger partial charge in [-0.2, -0.15) is 13.2 Å². The first-order chi connectivity index (χ1) is 25.0. The fourth-order valence-corrected chi connectivity index (χ4v) is 6.12. The molecule has 0 radical (unpaired) electrons. The molecule has 1 fully saturated rings. The van der Waals surface area contributed by atoms with Gasteiger partial charge in [-0.3, -0.25) is 19.4 Å². The lowest BCUT2D eigenvalue weighted by atomic mass is 10.0. The number of nitrogens with zero attached hydrogens (tertiary/aromatic N) is 5. The van der Waals surface area contributed by atoms with Gasteiger partial charge in [0.2, 0.25) is 0 Å². The molecule has 13 heteroatoms. The van der Waals surface area contributed by atoms with Gasteiger partial charge in [0.05, 0.1) is 35.5 Å². The summed E-state index contributed by atoms with van der Waals surface area (Å²) in [5.74, 6) is -1.19. The molecule has 3 aromatic carbocycles. The highest BCUT2D eigenvalue weighted by molar-refractivity contribution is 6.08. The first-order valence-corrected chi connectivity index (χ1v) is 16.9. The molecule has 0 bridgehead atoms. The van der Waals surface area contributed by atoms with Crippen LogP contribution in [0.2, 0.25) is 0 Å². The molecule has 3 heterocycles. The first-order valence-electron chi connectivity index (χ1n) is 16.9. The molecule has 0 atom stereocenters. The molecule has 1 aliphatic heterocycles. The molecule has 1 saturated heterocycles. The summed E-state index contributed by atoms with van der Waals surface area (Å²) in [5.41, 5.74) is 3.64. The summed E-state index contributed by atoms with van der Waals surface area (Å²) in [4.78, 5) is 52.7. The number of halogens is 3. The Morgan fingerprint density at radius 3 is 2.37 bits per heavy atom. The Morgan fingerprint density at radius 2 is 1.62 bits per heavy atom. The van der Waals surface area contributed by atoms with Gasteiger partial charge in [0.1, 0.15) is 0 Å². The van der Waals surface area contributed by atoms with Crippen LogP contribution in [0.5, 0.6) is 0 Å². The second-order valence-electron chi connectivity index (χ2n) is 12.8. The maximum Gasteiger partial charge on any atom is 0.416 e. The summed E-state index contributed by atoms with van der Waals surface area (Å²) in [5, 5.41) is 5.67. The quantitative estimate of drug-likeness (QED) is 0.163. The summed E-state index contributed by atoms with van der Waals surface area (Å²) < 4.78 is 41.4. The molecule has 2 N–H and O–H groups in total. The lowest BCUT2D eigenvalue weighted by molar-refractivity contribution is -0.137. The van der Waals surface area contributed by atoms with E-state index in [1.807, 2.05) is 23.7 Å². The van der Waals surface area contributed by atoms with Crippen molar-refractivity contribution in [2.24, 2.45) is 7.05 Å². The smallest absolute Gasteiger partial charge is 0.372 e. The van der Waals surface area contributed by atoms with Gasteiger partial charge < -0.3 is 25.0 Å². The van der Waals surface area contributed by atoms with Crippen LogP contribution in [0.1, 0.15) is 67.2 Å². The number of anilines is 2. The van der Waals surface area contributed by atoms with E-state index in [4.69, 9.17) is 0 Å². The van der Waals surface area contributed by atoms with Crippen LogP contribution in [0, 0.1) is 0 Å². The molecule has 52 heavy (non-hydrogen) atoms. The van der Waals surface area contributed by atoms with Gasteiger partial charge >= 0.3 is 6.18 Å². The van der Waals surface area contributed by atoms with E-state index < -0.39 is 23.6 Å². The Balaban J connectivity index is 1.24. The second-order valence-corrected chi connectivity index (χ2v) is 12.8. The van der Waals surface area contributed by atoms with E-state index in [0.29, 0.717) is 34.6 Å². The third kappa shape index (κ3) is 8.48. The fraction of sp³-hybridized carbons (Fsp3) is 0.256. The van der Waals surface area contributed by atoms with Crippen molar-refractivity contribution >= 4 is 29.1 Å². The lowest BCUT2D eigenvalue weighted by Gasteiger charge is -2.29. The molecule has 3 amide bonds. The van der Waals surface area contributed by atoms with Gasteiger partial charge in [-0.1, -0.05) is 18.2 Å². The van der Waals surface area contributed by atoms with E-state index >= 15 is 0 Å². The zero-order valence-corrected chi connectivity index (χ0v) is 28.8. The number of pyridine rings is 1. The van der Waals surface area contributed by atoms with E-state index in [1.165, 1.54) is 24.4 Å². The number of aromatic nitrogens is 3. The van der Waals surface area contributed by atoms with Crippen molar-refractivity contribution in [3.8, 4) is 11.3 Å². The predicted octanol–water partition coefficient (Wildman–Crippen LogP) is 6.95. The van der Waals surface area contributed by atoms with Crippen LogP contribution in [0.25, 0.3) is 11.3 Å². The number of benzene rings is 3. The Hall–Kier alpha value is -5.98. The Labute approximate surface area is 299 Å². The molecular weight excluding hydrogens is 671 g/mol. The van der Waals surface area contributed by atoms with Crippen LogP contribution in [-0.2, 0) is 26.3 Å². The van der Waals surface area contributed by atoms with Crippen molar-refractivity contribution in [3.63, 3.8) is 0 Å². The van der Waals surface area contributed by atoms with Crippen molar-refractivity contribution in [1.29, 1.82) is 0 Å². The Bertz CT molecular complexity index is 2090. The van der Waals surface area contributed by atoms with Crippen molar-refractivity contribution in [1.82, 2.24) is 24.8 Å². The minimum absolute atomic E-state index is 0.104. The standard InChI is InChI=1S/C39H38F3N7O3/c1-47(24-32-23-43-25-48(32)2)38(52)29-10-7-9-27(19-29)37(51)46-34-13-12-31(49-16-4-3-5-17-49)21-33(34)35-20-28(14-15-44-35)36(50)45-22-26-8-6-11-30(18-26)39(40,41)42/h6-15,18-21,23,25H,3-5,16-17,22,24H2,1-2H3,(H,45,50)(H,46,51). The van der Waals surface area contributed by atoms with Gasteiger partial charge in [-0.25, -0.2) is 4.98 Å². The average molecular weight is 710 g/mol. The summed E-state index contributed by atoms with van der Waals surface area (Å²) in [7, 11) is 3.54. The summed E-state index contributed by atoms with van der Waals surface area (Å²) in [6, 6.07) is 20.1. The van der Waals surface area contributed by atoms with E-state index in [0.717, 1.165) is 55.9 Å². The van der Waals surface area contributed by atoms with E-state index in [1.54, 1.807) is 60.9 Å². The highest BCUT2D eigenvalue weighted by Crippen LogP contribution is 2.33. The van der Waals surface area contributed by atoms with Gasteiger partial charge in [-0.05, 0) is 85.5 Å². The summed E-state index contributed by atoms with van der Waals surface area (Å²) in [6.45, 7) is 2.00. The third-order valence-corrected chi connectivity index (χ3v) is 9.01. The highest BCUT2D eigenvalue weighted by Gasteiger charge is 2.30. The lowest BCUT2D eigenvalue weighted by Crippen LogP contribution is -2.29. The highest BCUT2D eigenvalue weighted by atomic mass is 19.4. The molecule has 0 aliphatic carbocycles. The molecule has 6 rings (SSSR count). The second kappa shape index (κ2) is 15.5. The molecule has 0 spiro atoms. The average Bonchev–Trinajstić information content (AvgIpc) is 3.57. The summed E-state index contributed by atoms with van der Waals surface area (Å²) in [6.07, 6.45) is 3.60. The summed E-state index contributed by atoms with van der Waals surface area (Å²) >= 11 is 0. The number of aryl methyl sites for hydroxylation is 1. The van der Waals surface area contributed by atoms with Crippen LogP contribution in [0.15, 0.2) is 97.6 Å². The minimum Gasteiger partial charge on any atom is -0.372 e. The molecule has 1 aliphatic rings. The molecule has 2 aromatic heterocycles. The largest absolute Gasteiger partial charge is 0.416 e. The van der Waals surface area contributed by atoms with Crippen LogP contribution >= 0.6 is 0 Å². The van der Waals surface area contributed by atoms with E-state index in [9.17, 15) is 27.6 Å². The minimum atomic E-state index is -4.49. The van der Waals surface area contributed by atoms with E-state index in [2.05, 4.69) is 25.5 Å². The number of hydrogen-bond acceptors (Lipinski definition) is 6. The van der Waals surface area contributed by atoms with Crippen molar-refractivity contribution in [2.75, 3.05) is 30.4 Å². The molecule has 268 valence electrons. The van der Waals surface area contributed by atoms with Crippen LogP contribution < -0.4 is 15.5 Å². The van der Waals surface area contributed by atoms with Crippen LogP contribution in [-0.4, -0.2) is 57.3 Å². The van der Waals surface area contributed by atoms with Crippen molar-refractivity contribution in [2.45, 2.75) is 38.5 Å². The third-order valence-electron chi connectivity index (χ3n) is 9.01. The van der Waals surface area contributed by atoms with Crippen LogP contribution in [0.3, 0.4) is 0 Å². The van der Waals surface area contributed by atoms with Gasteiger partial charge in [0.15, 0.2) is 0 Å². The molecular formula is C39H38F3N7O3. The molecule has 5 aromatic rings. The molecule has 10 nitrogen and oxygen atoms in total. The maximum absolute atomic E-state index is 13.7. The zero-order valence-electron chi connectivity index (χ0n) is 28.8. The maximum atomic E-state index is 13.7. The Kier molecular flexibility index (Phi) is 10.7. The number of carbonyl (C=O) groups excluding carboxylic acids is 3. The zero-order chi connectivity index (χ0) is 36.8. The number of nitrogens with one attached hydrogen (secondary N) is 2. The number of piperidine rings is 1. The first kappa shape index (κ1) is 35.8. The molecule has 0 saturated carbocycles. The van der Waals surface area contributed by atoms with E-state index in [-0.39, 0.29) is 23.6 Å². The molecule has 0 unspecified atom stereocenters. The number of carbonyl (C=O) groups is 3. The van der Waals surface area contributed by atoms with Gasteiger partial charge in [0.25, 0.3) is 17.7 Å². The van der Waals surface area contributed by atoms with Crippen molar-refractivity contribution in [3.05, 3.63) is 131 Å². The fourth-order valence-electron chi connectivity index (χ4n) is 6.12. The number of imidazole rings is 1. The SMILES string of the molecule is CN(Cc1cncn1C)C(=O)c1cccc(C(=O)Nc2ccc(N3CCCCC3)cc2-c2cc(C(=O)NCc3cccc(C(F)(F)F)c3)ccn2)c1. The number of alkyl halides is 3. The Morgan fingerprint density at radius 1 is 0.865 bits per heavy atom. The van der Waals surface area contributed by atoms with Gasteiger partial charge in [0, 0.05) is 74.1 Å². The normalized spacial score (nSPS) is 13.1. The van der Waals surface area contributed by atoms with Gasteiger partial charge in [-0.15, -0.1) is 0 Å². The monoisotopic (exact) mass is 709 g/mol. The van der Waals surface area contributed by atoms with Crippen LogP contribution in [0.4, 0.5) is 24.5 Å².